The SMILES string of the molecule is COc1ccc(C(=O)O[C@H](C)C(=O)NCC(=O)Nc2ccc(F)c(F)c2F)cc1OC. The Balaban J connectivity index is 1.90. The van der Waals surface area contributed by atoms with Crippen molar-refractivity contribution in [3.05, 3.63) is 53.3 Å². The molecular weight excluding hydrogens is 421 g/mol. The van der Waals surface area contributed by atoms with E-state index in [0.29, 0.717) is 11.8 Å². The highest BCUT2D eigenvalue weighted by Crippen LogP contribution is 2.28. The van der Waals surface area contributed by atoms with Gasteiger partial charge < -0.3 is 24.8 Å². The molecular formula is C20H19F3N2O6. The summed E-state index contributed by atoms with van der Waals surface area (Å²) in [4.78, 5) is 36.1. The third-order valence-corrected chi connectivity index (χ3v) is 4.00. The molecule has 0 aliphatic carbocycles. The molecule has 166 valence electrons. The molecule has 0 fully saturated rings. The van der Waals surface area contributed by atoms with Crippen molar-refractivity contribution in [1.82, 2.24) is 5.32 Å². The van der Waals surface area contributed by atoms with E-state index in [0.717, 1.165) is 6.07 Å². The van der Waals surface area contributed by atoms with Crippen LogP contribution in [-0.4, -0.2) is 44.7 Å². The van der Waals surface area contributed by atoms with Crippen LogP contribution in [0.3, 0.4) is 0 Å². The van der Waals surface area contributed by atoms with E-state index < -0.39 is 53.6 Å². The van der Waals surface area contributed by atoms with Crippen LogP contribution in [0.2, 0.25) is 0 Å². The first-order valence-corrected chi connectivity index (χ1v) is 8.82. The van der Waals surface area contributed by atoms with Gasteiger partial charge in [0.1, 0.15) is 0 Å². The molecule has 31 heavy (non-hydrogen) atoms. The normalized spacial score (nSPS) is 11.3. The monoisotopic (exact) mass is 440 g/mol. The van der Waals surface area contributed by atoms with Gasteiger partial charge in [-0.05, 0) is 37.3 Å². The Kier molecular flexibility index (Phi) is 7.83. The van der Waals surface area contributed by atoms with E-state index >= 15 is 0 Å². The summed E-state index contributed by atoms with van der Waals surface area (Å²) in [6.45, 7) is 0.649. The largest absolute Gasteiger partial charge is 0.493 e. The second-order valence-corrected chi connectivity index (χ2v) is 6.11. The van der Waals surface area contributed by atoms with E-state index in [1.165, 1.54) is 39.3 Å². The summed E-state index contributed by atoms with van der Waals surface area (Å²) >= 11 is 0. The lowest BCUT2D eigenvalue weighted by atomic mass is 10.2. The predicted octanol–water partition coefficient (Wildman–Crippen LogP) is 2.42. The van der Waals surface area contributed by atoms with Crippen molar-refractivity contribution < 1.29 is 41.8 Å². The zero-order chi connectivity index (χ0) is 23.1. The van der Waals surface area contributed by atoms with E-state index in [1.54, 1.807) is 0 Å². The molecule has 0 spiro atoms. The van der Waals surface area contributed by atoms with Gasteiger partial charge in [0, 0.05) is 0 Å². The van der Waals surface area contributed by atoms with Gasteiger partial charge in [0.15, 0.2) is 35.1 Å². The quantitative estimate of drug-likeness (QED) is 0.483. The van der Waals surface area contributed by atoms with Crippen molar-refractivity contribution in [2.45, 2.75) is 13.0 Å². The van der Waals surface area contributed by atoms with Crippen LogP contribution in [0.1, 0.15) is 17.3 Å². The Labute approximate surface area is 175 Å². The average Bonchev–Trinajstić information content (AvgIpc) is 2.77. The fraction of sp³-hybridized carbons (Fsp3) is 0.250. The summed E-state index contributed by atoms with van der Waals surface area (Å²) in [5.74, 6) is -6.57. The first kappa shape index (κ1) is 23.5. The molecule has 0 bridgehead atoms. The third-order valence-electron chi connectivity index (χ3n) is 4.00. The summed E-state index contributed by atoms with van der Waals surface area (Å²) in [5.41, 5.74) is -0.491. The van der Waals surface area contributed by atoms with E-state index in [1.807, 2.05) is 5.32 Å². The molecule has 1 atom stereocenters. The summed E-state index contributed by atoms with van der Waals surface area (Å²) in [7, 11) is 2.82. The first-order valence-electron chi connectivity index (χ1n) is 8.82. The second kappa shape index (κ2) is 10.3. The van der Waals surface area contributed by atoms with E-state index in [2.05, 4.69) is 5.32 Å². The minimum Gasteiger partial charge on any atom is -0.493 e. The number of carbonyl (C=O) groups is 3. The molecule has 8 nitrogen and oxygen atoms in total. The van der Waals surface area contributed by atoms with Gasteiger partial charge >= 0.3 is 5.97 Å². The number of benzene rings is 2. The molecule has 2 aromatic carbocycles. The number of carbonyl (C=O) groups excluding carboxylic acids is 3. The number of ether oxygens (including phenoxy) is 3. The Bertz CT molecular complexity index is 999. The van der Waals surface area contributed by atoms with Gasteiger partial charge in [0.2, 0.25) is 5.91 Å². The van der Waals surface area contributed by atoms with Crippen molar-refractivity contribution in [2.75, 3.05) is 26.1 Å². The van der Waals surface area contributed by atoms with E-state index in [-0.39, 0.29) is 11.3 Å². The van der Waals surface area contributed by atoms with E-state index in [9.17, 15) is 27.6 Å². The molecule has 0 heterocycles. The molecule has 2 aromatic rings. The number of methoxy groups -OCH3 is 2. The standard InChI is InChI=1S/C20H19F3N2O6/c1-10(31-20(28)11-4-7-14(29-2)15(8-11)30-3)19(27)24-9-16(26)25-13-6-5-12(21)17(22)18(13)23/h4-8,10H,9H2,1-3H3,(H,24,27)(H,25,26)/t10-/m1/s1. The van der Waals surface area contributed by atoms with Crippen molar-refractivity contribution in [2.24, 2.45) is 0 Å². The smallest absolute Gasteiger partial charge is 0.339 e. The molecule has 0 saturated carbocycles. The van der Waals surface area contributed by atoms with Crippen LogP contribution in [-0.2, 0) is 14.3 Å². The number of nitrogens with one attached hydrogen (secondary N) is 2. The molecule has 0 aliphatic heterocycles. The maximum Gasteiger partial charge on any atom is 0.339 e. The van der Waals surface area contributed by atoms with Gasteiger partial charge in [-0.3, -0.25) is 9.59 Å². The minimum atomic E-state index is -1.74. The van der Waals surface area contributed by atoms with Crippen LogP contribution in [0.5, 0.6) is 11.5 Å². The molecule has 2 rings (SSSR count). The van der Waals surface area contributed by atoms with Crippen LogP contribution < -0.4 is 20.1 Å². The zero-order valence-corrected chi connectivity index (χ0v) is 16.8. The number of hydrogen-bond acceptors (Lipinski definition) is 6. The molecule has 0 saturated heterocycles. The van der Waals surface area contributed by atoms with Gasteiger partial charge in [-0.1, -0.05) is 0 Å². The summed E-state index contributed by atoms with van der Waals surface area (Å²) in [5, 5.41) is 4.18. The van der Waals surface area contributed by atoms with Crippen LogP contribution in [0.4, 0.5) is 18.9 Å². The minimum absolute atomic E-state index is 0.101. The lowest BCUT2D eigenvalue weighted by Gasteiger charge is -2.14. The number of halogens is 3. The third kappa shape index (κ3) is 5.87. The Morgan fingerprint density at radius 3 is 2.29 bits per heavy atom. The lowest BCUT2D eigenvalue weighted by molar-refractivity contribution is -0.130. The maximum atomic E-state index is 13.6. The molecule has 0 aromatic heterocycles. The molecule has 0 radical (unpaired) electrons. The average molecular weight is 440 g/mol. The molecule has 2 amide bonds. The Hall–Kier alpha value is -3.76. The first-order chi connectivity index (χ1) is 14.7. The van der Waals surface area contributed by atoms with E-state index in [4.69, 9.17) is 14.2 Å². The Morgan fingerprint density at radius 2 is 1.65 bits per heavy atom. The highest BCUT2D eigenvalue weighted by Gasteiger charge is 2.21. The van der Waals surface area contributed by atoms with Gasteiger partial charge in [-0.2, -0.15) is 0 Å². The molecule has 2 N–H and O–H groups in total. The molecule has 0 aliphatic rings. The van der Waals surface area contributed by atoms with Crippen LogP contribution in [0.15, 0.2) is 30.3 Å². The summed E-state index contributed by atoms with van der Waals surface area (Å²) in [6.07, 6.45) is -1.27. The van der Waals surface area contributed by atoms with Gasteiger partial charge in [-0.15, -0.1) is 0 Å². The number of hydrogen-bond donors (Lipinski definition) is 2. The second-order valence-electron chi connectivity index (χ2n) is 6.11. The Morgan fingerprint density at radius 1 is 0.968 bits per heavy atom. The summed E-state index contributed by atoms with van der Waals surface area (Å²) < 4.78 is 54.8. The highest BCUT2D eigenvalue weighted by atomic mass is 19.2. The number of esters is 1. The lowest BCUT2D eigenvalue weighted by Crippen LogP contribution is -2.40. The van der Waals surface area contributed by atoms with Crippen molar-refractivity contribution in [1.29, 1.82) is 0 Å². The van der Waals surface area contributed by atoms with Crippen molar-refractivity contribution >= 4 is 23.5 Å². The number of amides is 2. The van der Waals surface area contributed by atoms with Gasteiger partial charge in [-0.25, -0.2) is 18.0 Å². The number of rotatable bonds is 8. The fourth-order valence-corrected chi connectivity index (χ4v) is 2.37. The molecule has 0 unspecified atom stereocenters. The predicted molar refractivity (Wildman–Crippen MR) is 102 cm³/mol. The number of anilines is 1. The topological polar surface area (TPSA) is 103 Å². The van der Waals surface area contributed by atoms with Crippen molar-refractivity contribution in [3.63, 3.8) is 0 Å². The van der Waals surface area contributed by atoms with Gasteiger partial charge in [0.05, 0.1) is 32.0 Å². The van der Waals surface area contributed by atoms with Crippen molar-refractivity contribution in [3.8, 4) is 11.5 Å². The summed E-state index contributed by atoms with van der Waals surface area (Å²) in [6, 6.07) is 5.75. The molecule has 11 heteroatoms. The highest BCUT2D eigenvalue weighted by molar-refractivity contribution is 5.96. The fourth-order valence-electron chi connectivity index (χ4n) is 2.37. The van der Waals surface area contributed by atoms with Crippen LogP contribution >= 0.6 is 0 Å². The van der Waals surface area contributed by atoms with Crippen LogP contribution in [0, 0.1) is 17.5 Å². The zero-order valence-electron chi connectivity index (χ0n) is 16.8. The maximum absolute atomic E-state index is 13.6. The van der Waals surface area contributed by atoms with Gasteiger partial charge in [0.25, 0.3) is 5.91 Å². The van der Waals surface area contributed by atoms with Crippen LogP contribution in [0.25, 0.3) is 0 Å².